The molecule has 1 heterocycles. The summed E-state index contributed by atoms with van der Waals surface area (Å²) in [6.45, 7) is 0.208. The summed E-state index contributed by atoms with van der Waals surface area (Å²) in [7, 11) is 1.47. The number of carbonyl (C=O) groups is 2. The van der Waals surface area contributed by atoms with Gasteiger partial charge in [-0.3, -0.25) is 14.5 Å². The van der Waals surface area contributed by atoms with Crippen LogP contribution in [0.1, 0.15) is 5.56 Å². The predicted octanol–water partition coefficient (Wildman–Crippen LogP) is 3.57. The highest BCUT2D eigenvalue weighted by atomic mass is 127. The first-order valence-electron chi connectivity index (χ1n) is 5.71. The highest BCUT2D eigenvalue weighted by molar-refractivity contribution is 14.1. The standard InChI is InChI=1S/C14H9I2NO3S/c1-3-4-20-12-9(15)5-8(6-10(12)16)7-11-13(18)17(2)14(19)21-11/h1,5-7H,4H2,2H3/b11-7-. The van der Waals surface area contributed by atoms with Gasteiger partial charge < -0.3 is 4.74 Å². The van der Waals surface area contributed by atoms with Crippen molar-refractivity contribution in [3.05, 3.63) is 29.7 Å². The summed E-state index contributed by atoms with van der Waals surface area (Å²) in [5.41, 5.74) is 0.843. The van der Waals surface area contributed by atoms with E-state index in [4.69, 9.17) is 11.2 Å². The molecule has 1 aliphatic heterocycles. The molecule has 1 aliphatic rings. The molecule has 0 N–H and O–H groups in total. The first-order valence-corrected chi connectivity index (χ1v) is 8.68. The van der Waals surface area contributed by atoms with Crippen molar-refractivity contribution in [2.75, 3.05) is 13.7 Å². The van der Waals surface area contributed by atoms with Gasteiger partial charge in [0, 0.05) is 7.05 Å². The molecule has 0 aromatic heterocycles. The average molecular weight is 525 g/mol. The molecular formula is C14H9I2NO3S. The smallest absolute Gasteiger partial charge is 0.293 e. The summed E-state index contributed by atoms with van der Waals surface area (Å²) in [6.07, 6.45) is 6.90. The Bertz CT molecular complexity index is 671. The van der Waals surface area contributed by atoms with Gasteiger partial charge in [0.2, 0.25) is 0 Å². The van der Waals surface area contributed by atoms with Crippen molar-refractivity contribution in [1.29, 1.82) is 0 Å². The summed E-state index contributed by atoms with van der Waals surface area (Å²) in [5.74, 6) is 2.88. The fourth-order valence-corrected chi connectivity index (χ4v) is 4.57. The van der Waals surface area contributed by atoms with Crippen LogP contribution in [0, 0.1) is 19.5 Å². The number of amides is 2. The first kappa shape index (κ1) is 16.6. The largest absolute Gasteiger partial charge is 0.479 e. The molecule has 0 bridgehead atoms. The summed E-state index contributed by atoms with van der Waals surface area (Å²) in [5, 5.41) is -0.260. The molecule has 1 saturated heterocycles. The van der Waals surface area contributed by atoms with Crippen LogP contribution in [0.5, 0.6) is 5.75 Å². The van der Waals surface area contributed by atoms with Crippen LogP contribution in [0.25, 0.3) is 6.08 Å². The lowest BCUT2D eigenvalue weighted by molar-refractivity contribution is -0.121. The maximum Gasteiger partial charge on any atom is 0.293 e. The first-order chi connectivity index (χ1) is 9.93. The maximum atomic E-state index is 11.9. The molecule has 0 saturated carbocycles. The third-order valence-corrected chi connectivity index (χ3v) is 5.17. The van der Waals surface area contributed by atoms with E-state index in [1.165, 1.54) is 7.05 Å². The number of thioether (sulfide) groups is 1. The Balaban J connectivity index is 2.33. The summed E-state index contributed by atoms with van der Waals surface area (Å²) < 4.78 is 7.29. The zero-order chi connectivity index (χ0) is 15.6. The Kier molecular flexibility index (Phi) is 5.56. The molecule has 0 spiro atoms. The topological polar surface area (TPSA) is 46.6 Å². The van der Waals surface area contributed by atoms with Gasteiger partial charge in [0.25, 0.3) is 11.1 Å². The van der Waals surface area contributed by atoms with E-state index in [2.05, 4.69) is 51.1 Å². The van der Waals surface area contributed by atoms with Gasteiger partial charge in [-0.15, -0.1) is 6.42 Å². The average Bonchev–Trinajstić information content (AvgIpc) is 2.65. The minimum Gasteiger partial charge on any atom is -0.479 e. The number of halogens is 2. The van der Waals surface area contributed by atoms with Crippen molar-refractivity contribution in [3.8, 4) is 18.1 Å². The van der Waals surface area contributed by atoms with Crippen LogP contribution in [-0.4, -0.2) is 29.7 Å². The number of terminal acetylenes is 1. The third-order valence-electron chi connectivity index (χ3n) is 2.60. The number of benzene rings is 1. The summed E-state index contributed by atoms with van der Waals surface area (Å²) in [4.78, 5) is 24.9. The fraction of sp³-hybridized carbons (Fsp3) is 0.143. The van der Waals surface area contributed by atoms with Gasteiger partial charge in [-0.05, 0) is 80.7 Å². The monoisotopic (exact) mass is 525 g/mol. The predicted molar refractivity (Wildman–Crippen MR) is 99.9 cm³/mol. The molecule has 0 radical (unpaired) electrons. The van der Waals surface area contributed by atoms with Crippen LogP contribution in [0.3, 0.4) is 0 Å². The second-order valence-electron chi connectivity index (χ2n) is 4.05. The maximum absolute atomic E-state index is 11.9. The molecule has 0 aliphatic carbocycles. The molecule has 0 unspecified atom stereocenters. The second-order valence-corrected chi connectivity index (χ2v) is 7.36. The van der Waals surface area contributed by atoms with E-state index in [-0.39, 0.29) is 17.8 Å². The Labute approximate surface area is 153 Å². The van der Waals surface area contributed by atoms with E-state index in [0.717, 1.165) is 35.1 Å². The lowest BCUT2D eigenvalue weighted by Gasteiger charge is -2.09. The number of imide groups is 1. The number of likely N-dealkylation sites (N-methyl/N-ethyl adjacent to an activating group) is 1. The van der Waals surface area contributed by atoms with Crippen LogP contribution < -0.4 is 4.74 Å². The van der Waals surface area contributed by atoms with Crippen molar-refractivity contribution >= 4 is 74.2 Å². The van der Waals surface area contributed by atoms with Crippen LogP contribution in [0.15, 0.2) is 17.0 Å². The van der Waals surface area contributed by atoms with E-state index in [1.807, 2.05) is 12.1 Å². The SMILES string of the molecule is C#CCOc1c(I)cc(/C=C2\SC(=O)N(C)C2=O)cc1I. The molecule has 2 amide bonds. The van der Waals surface area contributed by atoms with Crippen molar-refractivity contribution in [2.24, 2.45) is 0 Å². The van der Waals surface area contributed by atoms with Crippen molar-refractivity contribution in [1.82, 2.24) is 4.90 Å². The van der Waals surface area contributed by atoms with Gasteiger partial charge in [0.1, 0.15) is 12.4 Å². The van der Waals surface area contributed by atoms with Crippen molar-refractivity contribution in [3.63, 3.8) is 0 Å². The lowest BCUT2D eigenvalue weighted by Crippen LogP contribution is -2.22. The molecule has 1 fully saturated rings. The zero-order valence-electron chi connectivity index (χ0n) is 10.9. The van der Waals surface area contributed by atoms with Crippen LogP contribution in [0.4, 0.5) is 4.79 Å². The van der Waals surface area contributed by atoms with Gasteiger partial charge in [0.05, 0.1) is 12.0 Å². The molecule has 0 atom stereocenters. The quantitative estimate of drug-likeness (QED) is 0.344. The van der Waals surface area contributed by atoms with Gasteiger partial charge in [0.15, 0.2) is 0 Å². The highest BCUT2D eigenvalue weighted by Crippen LogP contribution is 2.34. The molecule has 7 heteroatoms. The minimum absolute atomic E-state index is 0.208. The van der Waals surface area contributed by atoms with E-state index in [0.29, 0.717) is 4.91 Å². The lowest BCUT2D eigenvalue weighted by atomic mass is 10.2. The summed E-state index contributed by atoms with van der Waals surface area (Å²) >= 11 is 5.25. The van der Waals surface area contributed by atoms with E-state index < -0.39 is 0 Å². The molecule has 4 nitrogen and oxygen atoms in total. The molecule has 1 aromatic rings. The molecule has 108 valence electrons. The normalized spacial score (nSPS) is 16.5. The molecule has 2 rings (SSSR count). The Morgan fingerprint density at radius 3 is 2.48 bits per heavy atom. The Hall–Kier alpha value is -0.730. The number of nitrogens with zero attached hydrogens (tertiary/aromatic N) is 1. The van der Waals surface area contributed by atoms with Gasteiger partial charge >= 0.3 is 0 Å². The number of hydrogen-bond donors (Lipinski definition) is 0. The number of carbonyl (C=O) groups excluding carboxylic acids is 2. The van der Waals surface area contributed by atoms with Crippen molar-refractivity contribution < 1.29 is 14.3 Å². The van der Waals surface area contributed by atoms with Crippen molar-refractivity contribution in [2.45, 2.75) is 0 Å². The molecule has 1 aromatic carbocycles. The summed E-state index contributed by atoms with van der Waals surface area (Å²) in [6, 6.07) is 3.77. The van der Waals surface area contributed by atoms with Gasteiger partial charge in [-0.25, -0.2) is 0 Å². The van der Waals surface area contributed by atoms with Crippen LogP contribution >= 0.6 is 56.9 Å². The van der Waals surface area contributed by atoms with E-state index >= 15 is 0 Å². The number of rotatable bonds is 3. The van der Waals surface area contributed by atoms with Gasteiger partial charge in [-0.2, -0.15) is 0 Å². The highest BCUT2D eigenvalue weighted by Gasteiger charge is 2.31. The van der Waals surface area contributed by atoms with Gasteiger partial charge in [-0.1, -0.05) is 5.92 Å². The number of ether oxygens (including phenoxy) is 1. The molecule has 21 heavy (non-hydrogen) atoms. The minimum atomic E-state index is -0.275. The Morgan fingerprint density at radius 2 is 2.00 bits per heavy atom. The third kappa shape index (κ3) is 3.73. The van der Waals surface area contributed by atoms with Crippen LogP contribution in [-0.2, 0) is 4.79 Å². The molecular weight excluding hydrogens is 516 g/mol. The van der Waals surface area contributed by atoms with E-state index in [9.17, 15) is 9.59 Å². The number of hydrogen-bond acceptors (Lipinski definition) is 4. The zero-order valence-corrected chi connectivity index (χ0v) is 16.0. The van der Waals surface area contributed by atoms with E-state index in [1.54, 1.807) is 6.08 Å². The second kappa shape index (κ2) is 7.02. The van der Waals surface area contributed by atoms with Crippen LogP contribution in [0.2, 0.25) is 0 Å². The Morgan fingerprint density at radius 1 is 1.38 bits per heavy atom. The fourth-order valence-electron chi connectivity index (χ4n) is 1.61.